The van der Waals surface area contributed by atoms with E-state index in [1.54, 1.807) is 0 Å². The summed E-state index contributed by atoms with van der Waals surface area (Å²) >= 11 is 0. The molecule has 1 N–H and O–H groups in total. The lowest BCUT2D eigenvalue weighted by atomic mass is 10.2. The standard InChI is InChI=1S/C16H21N3O2/c1-2-20-14-9-5-6-12(10-14)16-18-15(21-19-16)11-17-13-7-3-4-8-13/h5-6,9-10,13,17H,2-4,7-8,11H2,1H3. The van der Waals surface area contributed by atoms with Crippen LogP contribution in [0.1, 0.15) is 38.5 Å². The molecule has 0 aliphatic heterocycles. The third-order valence-electron chi connectivity index (χ3n) is 3.77. The Balaban J connectivity index is 1.64. The van der Waals surface area contributed by atoms with Crippen LogP contribution in [0.4, 0.5) is 0 Å². The third kappa shape index (κ3) is 3.61. The molecule has 1 aliphatic carbocycles. The zero-order valence-corrected chi connectivity index (χ0v) is 12.3. The molecule has 0 spiro atoms. The predicted octanol–water partition coefficient (Wildman–Crippen LogP) is 3.17. The van der Waals surface area contributed by atoms with Crippen LogP contribution in [0.15, 0.2) is 28.8 Å². The van der Waals surface area contributed by atoms with E-state index in [0.29, 0.717) is 30.9 Å². The Hall–Kier alpha value is -1.88. The van der Waals surface area contributed by atoms with Crippen molar-refractivity contribution >= 4 is 0 Å². The van der Waals surface area contributed by atoms with Crippen molar-refractivity contribution in [1.82, 2.24) is 15.5 Å². The Labute approximate surface area is 124 Å². The van der Waals surface area contributed by atoms with Gasteiger partial charge in [-0.05, 0) is 31.9 Å². The molecule has 21 heavy (non-hydrogen) atoms. The monoisotopic (exact) mass is 287 g/mol. The number of ether oxygens (including phenoxy) is 1. The van der Waals surface area contributed by atoms with Gasteiger partial charge in [-0.25, -0.2) is 0 Å². The second-order valence-corrected chi connectivity index (χ2v) is 5.33. The minimum absolute atomic E-state index is 0.599. The first-order valence-electron chi connectivity index (χ1n) is 7.64. The zero-order valence-electron chi connectivity index (χ0n) is 12.3. The number of benzene rings is 1. The number of hydrogen-bond donors (Lipinski definition) is 1. The summed E-state index contributed by atoms with van der Waals surface area (Å²) in [7, 11) is 0. The molecule has 1 heterocycles. The molecule has 112 valence electrons. The van der Waals surface area contributed by atoms with Gasteiger partial charge in [-0.1, -0.05) is 30.1 Å². The van der Waals surface area contributed by atoms with E-state index in [0.717, 1.165) is 11.3 Å². The smallest absolute Gasteiger partial charge is 0.240 e. The van der Waals surface area contributed by atoms with Gasteiger partial charge in [0.1, 0.15) is 5.75 Å². The molecular weight excluding hydrogens is 266 g/mol. The molecule has 1 aromatic heterocycles. The first-order valence-corrected chi connectivity index (χ1v) is 7.64. The molecule has 0 bridgehead atoms. The second kappa shape index (κ2) is 6.72. The molecule has 1 fully saturated rings. The van der Waals surface area contributed by atoms with E-state index < -0.39 is 0 Å². The third-order valence-corrected chi connectivity index (χ3v) is 3.77. The average Bonchev–Trinajstić information content (AvgIpc) is 3.17. The lowest BCUT2D eigenvalue weighted by Crippen LogP contribution is -2.25. The van der Waals surface area contributed by atoms with Gasteiger partial charge in [-0.3, -0.25) is 0 Å². The highest BCUT2D eigenvalue weighted by molar-refractivity contribution is 5.56. The van der Waals surface area contributed by atoms with Gasteiger partial charge in [0.15, 0.2) is 0 Å². The summed E-state index contributed by atoms with van der Waals surface area (Å²) in [5, 5.41) is 7.52. The lowest BCUT2D eigenvalue weighted by Gasteiger charge is -2.08. The van der Waals surface area contributed by atoms with E-state index in [1.807, 2.05) is 31.2 Å². The van der Waals surface area contributed by atoms with Gasteiger partial charge in [0.2, 0.25) is 11.7 Å². The summed E-state index contributed by atoms with van der Waals surface area (Å²) in [4.78, 5) is 4.45. The van der Waals surface area contributed by atoms with Gasteiger partial charge < -0.3 is 14.6 Å². The van der Waals surface area contributed by atoms with Crippen LogP contribution >= 0.6 is 0 Å². The van der Waals surface area contributed by atoms with Crippen molar-refractivity contribution in [3.05, 3.63) is 30.2 Å². The van der Waals surface area contributed by atoms with Crippen molar-refractivity contribution in [2.24, 2.45) is 0 Å². The molecule has 0 amide bonds. The van der Waals surface area contributed by atoms with Gasteiger partial charge in [0, 0.05) is 11.6 Å². The Morgan fingerprint density at radius 1 is 1.33 bits per heavy atom. The van der Waals surface area contributed by atoms with Gasteiger partial charge in [0.25, 0.3) is 0 Å². The number of rotatable bonds is 6. The Morgan fingerprint density at radius 2 is 2.19 bits per heavy atom. The van der Waals surface area contributed by atoms with E-state index in [1.165, 1.54) is 25.7 Å². The molecule has 0 atom stereocenters. The van der Waals surface area contributed by atoms with Crippen LogP contribution in [0.25, 0.3) is 11.4 Å². The van der Waals surface area contributed by atoms with Crippen molar-refractivity contribution in [1.29, 1.82) is 0 Å². The van der Waals surface area contributed by atoms with E-state index >= 15 is 0 Å². The van der Waals surface area contributed by atoms with Gasteiger partial charge in [-0.2, -0.15) is 4.98 Å². The van der Waals surface area contributed by atoms with Crippen molar-refractivity contribution < 1.29 is 9.26 Å². The van der Waals surface area contributed by atoms with Crippen molar-refractivity contribution in [2.75, 3.05) is 6.61 Å². The molecule has 5 nitrogen and oxygen atoms in total. The average molecular weight is 287 g/mol. The minimum atomic E-state index is 0.599. The van der Waals surface area contributed by atoms with Crippen LogP contribution in [-0.4, -0.2) is 22.8 Å². The summed E-state index contributed by atoms with van der Waals surface area (Å²) in [5.74, 6) is 2.07. The predicted molar refractivity (Wildman–Crippen MR) is 80.0 cm³/mol. The zero-order chi connectivity index (χ0) is 14.5. The maximum Gasteiger partial charge on any atom is 0.240 e. The van der Waals surface area contributed by atoms with E-state index in [9.17, 15) is 0 Å². The fourth-order valence-electron chi connectivity index (χ4n) is 2.70. The largest absolute Gasteiger partial charge is 0.494 e. The highest BCUT2D eigenvalue weighted by Gasteiger charge is 2.16. The molecule has 2 aromatic rings. The molecule has 5 heteroatoms. The van der Waals surface area contributed by atoms with Crippen LogP contribution in [0, 0.1) is 0 Å². The maximum atomic E-state index is 5.49. The molecule has 0 unspecified atom stereocenters. The Bertz CT molecular complexity index is 576. The van der Waals surface area contributed by atoms with Crippen molar-refractivity contribution in [3.63, 3.8) is 0 Å². The van der Waals surface area contributed by atoms with Crippen molar-refractivity contribution in [2.45, 2.75) is 45.2 Å². The fourth-order valence-corrected chi connectivity index (χ4v) is 2.70. The van der Waals surface area contributed by atoms with Crippen LogP contribution in [0.3, 0.4) is 0 Å². The maximum absolute atomic E-state index is 5.49. The van der Waals surface area contributed by atoms with Crippen molar-refractivity contribution in [3.8, 4) is 17.1 Å². The normalized spacial score (nSPS) is 15.5. The number of hydrogen-bond acceptors (Lipinski definition) is 5. The SMILES string of the molecule is CCOc1cccc(-c2noc(CNC3CCCC3)n2)c1. The number of nitrogens with zero attached hydrogens (tertiary/aromatic N) is 2. The first-order chi connectivity index (χ1) is 10.3. The molecule has 0 saturated heterocycles. The second-order valence-electron chi connectivity index (χ2n) is 5.33. The fraction of sp³-hybridized carbons (Fsp3) is 0.500. The summed E-state index contributed by atoms with van der Waals surface area (Å²) in [5.41, 5.74) is 0.914. The number of nitrogens with one attached hydrogen (secondary N) is 1. The molecule has 1 aliphatic rings. The van der Waals surface area contributed by atoms with Crippen LogP contribution in [0.5, 0.6) is 5.75 Å². The first kappa shape index (κ1) is 14.1. The van der Waals surface area contributed by atoms with E-state index in [4.69, 9.17) is 9.26 Å². The van der Waals surface area contributed by atoms with Gasteiger partial charge in [0.05, 0.1) is 13.2 Å². The summed E-state index contributed by atoms with van der Waals surface area (Å²) < 4.78 is 10.8. The van der Waals surface area contributed by atoms with Crippen LogP contribution < -0.4 is 10.1 Å². The van der Waals surface area contributed by atoms with E-state index in [-0.39, 0.29) is 0 Å². The van der Waals surface area contributed by atoms with Gasteiger partial charge in [-0.15, -0.1) is 0 Å². The van der Waals surface area contributed by atoms with Crippen LogP contribution in [-0.2, 0) is 6.54 Å². The topological polar surface area (TPSA) is 60.2 Å². The summed E-state index contributed by atoms with van der Waals surface area (Å²) in [6.07, 6.45) is 5.13. The lowest BCUT2D eigenvalue weighted by molar-refractivity contribution is 0.340. The molecule has 1 aromatic carbocycles. The Morgan fingerprint density at radius 3 is 3.00 bits per heavy atom. The number of aromatic nitrogens is 2. The molecule has 1 saturated carbocycles. The molecule has 3 rings (SSSR count). The van der Waals surface area contributed by atoms with Gasteiger partial charge >= 0.3 is 0 Å². The highest BCUT2D eigenvalue weighted by Crippen LogP contribution is 2.22. The minimum Gasteiger partial charge on any atom is -0.494 e. The molecular formula is C16H21N3O2. The Kier molecular flexibility index (Phi) is 4.50. The van der Waals surface area contributed by atoms with E-state index in [2.05, 4.69) is 15.5 Å². The summed E-state index contributed by atoms with van der Waals surface area (Å²) in [6, 6.07) is 8.36. The molecule has 0 radical (unpaired) electrons. The van der Waals surface area contributed by atoms with Crippen LogP contribution in [0.2, 0.25) is 0 Å². The highest BCUT2D eigenvalue weighted by atomic mass is 16.5. The quantitative estimate of drug-likeness (QED) is 0.884. The summed E-state index contributed by atoms with van der Waals surface area (Å²) in [6.45, 7) is 3.25.